The van der Waals surface area contributed by atoms with Crippen molar-refractivity contribution in [3.63, 3.8) is 0 Å². The summed E-state index contributed by atoms with van der Waals surface area (Å²) < 4.78 is 40.1. The first-order valence-electron chi connectivity index (χ1n) is 8.14. The Labute approximate surface area is 152 Å². The van der Waals surface area contributed by atoms with Gasteiger partial charge >= 0.3 is 0 Å². The molecule has 1 aliphatic rings. The molecule has 0 amide bonds. The van der Waals surface area contributed by atoms with Gasteiger partial charge in [-0.3, -0.25) is 4.90 Å². The van der Waals surface area contributed by atoms with Gasteiger partial charge in [-0.05, 0) is 36.8 Å². The van der Waals surface area contributed by atoms with Crippen molar-refractivity contribution >= 4 is 21.6 Å². The summed E-state index contributed by atoms with van der Waals surface area (Å²) in [5, 5.41) is 0.713. The Balaban J connectivity index is 1.70. The Hall–Kier alpha value is -1.47. The molecule has 1 heterocycles. The summed E-state index contributed by atoms with van der Waals surface area (Å²) in [4.78, 5) is 2.21. The van der Waals surface area contributed by atoms with Crippen LogP contribution in [0.3, 0.4) is 0 Å². The molecule has 0 N–H and O–H groups in total. The summed E-state index contributed by atoms with van der Waals surface area (Å²) in [7, 11) is -3.67. The fourth-order valence-electron chi connectivity index (χ4n) is 3.12. The number of halogens is 2. The first-order valence-corrected chi connectivity index (χ1v) is 9.95. The number of nitrogens with zero attached hydrogens (tertiary/aromatic N) is 2. The van der Waals surface area contributed by atoms with Gasteiger partial charge in [0.1, 0.15) is 5.82 Å². The van der Waals surface area contributed by atoms with E-state index in [1.165, 1.54) is 22.5 Å². The van der Waals surface area contributed by atoms with Crippen molar-refractivity contribution in [1.29, 1.82) is 0 Å². The van der Waals surface area contributed by atoms with Crippen LogP contribution in [-0.2, 0) is 10.0 Å². The molecule has 0 spiro atoms. The molecule has 134 valence electrons. The standard InChI is InChI=1S/C18H20ClFN2O2S/c1-14(17-7-2-3-8-18(17)19)21-9-11-22(12-10-21)25(23,24)16-6-4-5-15(20)13-16/h2-8,13-14H,9-12H2,1H3/t14-/m1/s1. The van der Waals surface area contributed by atoms with Crippen molar-refractivity contribution in [2.75, 3.05) is 26.2 Å². The fraction of sp³-hybridized carbons (Fsp3) is 0.333. The van der Waals surface area contributed by atoms with Gasteiger partial charge < -0.3 is 0 Å². The molecule has 25 heavy (non-hydrogen) atoms. The number of hydrogen-bond donors (Lipinski definition) is 0. The van der Waals surface area contributed by atoms with Crippen molar-refractivity contribution in [3.8, 4) is 0 Å². The third kappa shape index (κ3) is 3.87. The van der Waals surface area contributed by atoms with Crippen LogP contribution < -0.4 is 0 Å². The minimum Gasteiger partial charge on any atom is -0.294 e. The van der Waals surface area contributed by atoms with E-state index in [0.717, 1.165) is 11.6 Å². The molecule has 7 heteroatoms. The van der Waals surface area contributed by atoms with Crippen LogP contribution in [0, 0.1) is 5.82 Å². The minimum atomic E-state index is -3.67. The van der Waals surface area contributed by atoms with Gasteiger partial charge in [-0.2, -0.15) is 4.31 Å². The predicted molar refractivity (Wildman–Crippen MR) is 96.6 cm³/mol. The van der Waals surface area contributed by atoms with E-state index in [0.29, 0.717) is 31.2 Å². The summed E-state index contributed by atoms with van der Waals surface area (Å²) in [6.45, 7) is 4.00. The quantitative estimate of drug-likeness (QED) is 0.812. The highest BCUT2D eigenvalue weighted by Crippen LogP contribution is 2.28. The van der Waals surface area contributed by atoms with E-state index in [2.05, 4.69) is 11.8 Å². The van der Waals surface area contributed by atoms with Crippen LogP contribution in [0.2, 0.25) is 5.02 Å². The van der Waals surface area contributed by atoms with Crippen molar-refractivity contribution < 1.29 is 12.8 Å². The van der Waals surface area contributed by atoms with Crippen LogP contribution in [0.1, 0.15) is 18.5 Å². The van der Waals surface area contributed by atoms with E-state index in [-0.39, 0.29) is 10.9 Å². The lowest BCUT2D eigenvalue weighted by Crippen LogP contribution is -2.49. The maximum Gasteiger partial charge on any atom is 0.243 e. The number of sulfonamides is 1. The average Bonchev–Trinajstić information content (AvgIpc) is 2.62. The second-order valence-electron chi connectivity index (χ2n) is 6.09. The molecule has 0 saturated carbocycles. The molecule has 1 atom stereocenters. The minimum absolute atomic E-state index is 0.0000947. The zero-order valence-corrected chi connectivity index (χ0v) is 15.5. The lowest BCUT2D eigenvalue weighted by atomic mass is 10.1. The largest absolute Gasteiger partial charge is 0.294 e. The molecular formula is C18H20ClFN2O2S. The van der Waals surface area contributed by atoms with Gasteiger partial charge in [-0.25, -0.2) is 12.8 Å². The van der Waals surface area contributed by atoms with Gasteiger partial charge in [-0.1, -0.05) is 35.9 Å². The molecule has 0 unspecified atom stereocenters. The van der Waals surface area contributed by atoms with Crippen LogP contribution in [-0.4, -0.2) is 43.8 Å². The van der Waals surface area contributed by atoms with Gasteiger partial charge in [0.25, 0.3) is 0 Å². The van der Waals surface area contributed by atoms with E-state index in [1.807, 2.05) is 24.3 Å². The highest BCUT2D eigenvalue weighted by atomic mass is 35.5. The van der Waals surface area contributed by atoms with Gasteiger partial charge in [-0.15, -0.1) is 0 Å². The first kappa shape index (κ1) is 18.3. The molecule has 3 rings (SSSR count). The van der Waals surface area contributed by atoms with E-state index >= 15 is 0 Å². The van der Waals surface area contributed by atoms with E-state index in [9.17, 15) is 12.8 Å². The fourth-order valence-corrected chi connectivity index (χ4v) is 4.87. The van der Waals surface area contributed by atoms with E-state index in [4.69, 9.17) is 11.6 Å². The lowest BCUT2D eigenvalue weighted by molar-refractivity contribution is 0.146. The molecule has 0 radical (unpaired) electrons. The summed E-state index contributed by atoms with van der Waals surface area (Å²) in [6, 6.07) is 12.9. The number of hydrogen-bond acceptors (Lipinski definition) is 3. The van der Waals surface area contributed by atoms with Gasteiger partial charge in [0, 0.05) is 37.2 Å². The molecule has 4 nitrogen and oxygen atoms in total. The van der Waals surface area contributed by atoms with Gasteiger partial charge in [0.05, 0.1) is 4.90 Å². The molecule has 1 aliphatic heterocycles. The molecule has 2 aromatic rings. The maximum absolute atomic E-state index is 13.4. The molecule has 1 fully saturated rings. The average molecular weight is 383 g/mol. The Morgan fingerprint density at radius 2 is 1.72 bits per heavy atom. The first-order chi connectivity index (χ1) is 11.9. The molecule has 0 aliphatic carbocycles. The predicted octanol–water partition coefficient (Wildman–Crippen LogP) is 3.55. The highest BCUT2D eigenvalue weighted by Gasteiger charge is 2.30. The van der Waals surface area contributed by atoms with Crippen LogP contribution >= 0.6 is 11.6 Å². The van der Waals surface area contributed by atoms with Crippen molar-refractivity contribution in [3.05, 3.63) is 64.9 Å². The summed E-state index contributed by atoms with van der Waals surface area (Å²) in [6.07, 6.45) is 0. The number of piperazine rings is 1. The Bertz CT molecular complexity index is 852. The molecule has 1 saturated heterocycles. The lowest BCUT2D eigenvalue weighted by Gasteiger charge is -2.37. The van der Waals surface area contributed by atoms with Crippen molar-refractivity contribution in [1.82, 2.24) is 9.21 Å². The Morgan fingerprint density at radius 1 is 1.04 bits per heavy atom. The zero-order valence-electron chi connectivity index (χ0n) is 13.9. The number of rotatable bonds is 4. The van der Waals surface area contributed by atoms with Crippen molar-refractivity contribution in [2.24, 2.45) is 0 Å². The van der Waals surface area contributed by atoms with Gasteiger partial charge in [0.2, 0.25) is 10.0 Å². The summed E-state index contributed by atoms with van der Waals surface area (Å²) >= 11 is 6.27. The SMILES string of the molecule is C[C@H](c1ccccc1Cl)N1CCN(S(=O)(=O)c2cccc(F)c2)CC1. The summed E-state index contributed by atoms with van der Waals surface area (Å²) in [5.74, 6) is -0.549. The normalized spacial score (nSPS) is 18.2. The van der Waals surface area contributed by atoms with E-state index in [1.54, 1.807) is 0 Å². The van der Waals surface area contributed by atoms with Crippen molar-refractivity contribution in [2.45, 2.75) is 17.9 Å². The molecular weight excluding hydrogens is 363 g/mol. The maximum atomic E-state index is 13.4. The highest BCUT2D eigenvalue weighted by molar-refractivity contribution is 7.89. The van der Waals surface area contributed by atoms with Crippen LogP contribution in [0.5, 0.6) is 0 Å². The Morgan fingerprint density at radius 3 is 2.36 bits per heavy atom. The Kier molecular flexibility index (Phi) is 5.43. The van der Waals surface area contributed by atoms with Crippen LogP contribution in [0.4, 0.5) is 4.39 Å². The summed E-state index contributed by atoms with van der Waals surface area (Å²) in [5.41, 5.74) is 1.03. The smallest absolute Gasteiger partial charge is 0.243 e. The molecule has 0 bridgehead atoms. The van der Waals surface area contributed by atoms with Crippen LogP contribution in [0.25, 0.3) is 0 Å². The third-order valence-electron chi connectivity index (χ3n) is 4.61. The van der Waals surface area contributed by atoms with Crippen LogP contribution in [0.15, 0.2) is 53.4 Å². The topological polar surface area (TPSA) is 40.6 Å². The number of benzene rings is 2. The van der Waals surface area contributed by atoms with Gasteiger partial charge in [0.15, 0.2) is 0 Å². The molecule has 0 aromatic heterocycles. The monoisotopic (exact) mass is 382 g/mol. The second kappa shape index (κ2) is 7.41. The van der Waals surface area contributed by atoms with E-state index < -0.39 is 15.8 Å². The zero-order chi connectivity index (χ0) is 18.0. The third-order valence-corrected chi connectivity index (χ3v) is 6.85. The molecule has 2 aromatic carbocycles. The second-order valence-corrected chi connectivity index (χ2v) is 8.44.